The van der Waals surface area contributed by atoms with Gasteiger partial charge in [-0.05, 0) is 36.8 Å². The predicted octanol–water partition coefficient (Wildman–Crippen LogP) is 2.50. The average Bonchev–Trinajstić information content (AvgIpc) is 2.52. The minimum Gasteiger partial charge on any atom is -0.487 e. The number of benzene rings is 1. The van der Waals surface area contributed by atoms with E-state index in [0.29, 0.717) is 31.0 Å². The van der Waals surface area contributed by atoms with Gasteiger partial charge in [-0.25, -0.2) is 0 Å². The van der Waals surface area contributed by atoms with Crippen molar-refractivity contribution >= 4 is 30.7 Å². The van der Waals surface area contributed by atoms with E-state index in [1.54, 1.807) is 12.3 Å². The number of hydrogen-bond acceptors (Lipinski definition) is 4. The first kappa shape index (κ1) is 21.2. The Morgan fingerprint density at radius 3 is 2.70 bits per heavy atom. The molecule has 1 heterocycles. The minimum atomic E-state index is -0.126. The number of ether oxygens (including phenoxy) is 1. The molecular formula is C16H21Cl2N3O2. The summed E-state index contributed by atoms with van der Waals surface area (Å²) in [4.78, 5) is 16.0. The van der Waals surface area contributed by atoms with Crippen molar-refractivity contribution in [2.45, 2.75) is 13.5 Å². The van der Waals surface area contributed by atoms with Gasteiger partial charge in [0, 0.05) is 24.3 Å². The maximum atomic E-state index is 11.9. The molecule has 2 aromatic rings. The number of nitrogens with zero attached hydrogens (tertiary/aromatic N) is 1. The quantitative estimate of drug-likeness (QED) is 0.832. The third-order valence-electron chi connectivity index (χ3n) is 2.91. The van der Waals surface area contributed by atoms with Crippen LogP contribution in [0.3, 0.4) is 0 Å². The molecule has 2 rings (SSSR count). The van der Waals surface area contributed by atoms with Crippen molar-refractivity contribution in [1.82, 2.24) is 10.3 Å². The van der Waals surface area contributed by atoms with Gasteiger partial charge >= 0.3 is 0 Å². The Hall–Kier alpha value is -1.82. The van der Waals surface area contributed by atoms with Crippen LogP contribution in [0.4, 0.5) is 0 Å². The Morgan fingerprint density at radius 1 is 1.26 bits per heavy atom. The summed E-state index contributed by atoms with van der Waals surface area (Å²) in [7, 11) is 0. The molecule has 0 unspecified atom stereocenters. The van der Waals surface area contributed by atoms with Crippen molar-refractivity contribution in [3.63, 3.8) is 0 Å². The molecule has 0 bridgehead atoms. The molecule has 0 fully saturated rings. The zero-order chi connectivity index (χ0) is 15.1. The number of hydrogen-bond donors (Lipinski definition) is 2. The molecule has 0 saturated carbocycles. The van der Waals surface area contributed by atoms with Crippen LogP contribution in [-0.4, -0.2) is 24.0 Å². The Morgan fingerprint density at radius 2 is 2.04 bits per heavy atom. The number of aryl methyl sites for hydroxylation is 1. The molecule has 0 saturated heterocycles. The van der Waals surface area contributed by atoms with E-state index in [4.69, 9.17) is 10.5 Å². The van der Waals surface area contributed by atoms with Crippen LogP contribution in [0.1, 0.15) is 21.6 Å². The first-order chi connectivity index (χ1) is 10.2. The maximum Gasteiger partial charge on any atom is 0.251 e. The van der Waals surface area contributed by atoms with Crippen LogP contribution < -0.4 is 15.8 Å². The van der Waals surface area contributed by atoms with E-state index in [9.17, 15) is 4.79 Å². The highest BCUT2D eigenvalue weighted by molar-refractivity contribution is 5.94. The highest BCUT2D eigenvalue weighted by atomic mass is 35.5. The van der Waals surface area contributed by atoms with Gasteiger partial charge < -0.3 is 15.8 Å². The van der Waals surface area contributed by atoms with Gasteiger partial charge in [-0.1, -0.05) is 12.1 Å². The largest absolute Gasteiger partial charge is 0.487 e. The molecule has 0 atom stereocenters. The lowest BCUT2D eigenvalue weighted by Crippen LogP contribution is -2.29. The van der Waals surface area contributed by atoms with Gasteiger partial charge in [-0.15, -0.1) is 24.8 Å². The number of aromatic nitrogens is 1. The van der Waals surface area contributed by atoms with Gasteiger partial charge in [-0.3, -0.25) is 9.78 Å². The third-order valence-corrected chi connectivity index (χ3v) is 2.91. The van der Waals surface area contributed by atoms with E-state index in [1.807, 2.05) is 37.3 Å². The molecule has 0 aliphatic rings. The lowest BCUT2D eigenvalue weighted by atomic mass is 10.1. The van der Waals surface area contributed by atoms with Crippen molar-refractivity contribution < 1.29 is 9.53 Å². The topological polar surface area (TPSA) is 77.2 Å². The molecule has 0 spiro atoms. The Balaban J connectivity index is 0.00000242. The van der Waals surface area contributed by atoms with Gasteiger partial charge in [0.25, 0.3) is 5.91 Å². The number of pyridine rings is 1. The lowest BCUT2D eigenvalue weighted by molar-refractivity contribution is 0.0954. The van der Waals surface area contributed by atoms with Gasteiger partial charge in [0.15, 0.2) is 0 Å². The summed E-state index contributed by atoms with van der Waals surface area (Å²) < 4.78 is 5.65. The smallest absolute Gasteiger partial charge is 0.251 e. The molecule has 1 aromatic heterocycles. The Labute approximate surface area is 148 Å². The van der Waals surface area contributed by atoms with Crippen LogP contribution in [0.15, 0.2) is 42.6 Å². The monoisotopic (exact) mass is 357 g/mol. The van der Waals surface area contributed by atoms with Crippen molar-refractivity contribution in [1.29, 1.82) is 0 Å². The fraction of sp³-hybridized carbons (Fsp3) is 0.250. The molecule has 3 N–H and O–H groups in total. The van der Waals surface area contributed by atoms with Gasteiger partial charge in [-0.2, -0.15) is 0 Å². The zero-order valence-corrected chi connectivity index (χ0v) is 14.5. The van der Waals surface area contributed by atoms with E-state index in [1.165, 1.54) is 0 Å². The van der Waals surface area contributed by atoms with E-state index in [-0.39, 0.29) is 30.7 Å². The molecule has 0 radical (unpaired) electrons. The first-order valence-corrected chi connectivity index (χ1v) is 6.81. The molecule has 0 aliphatic carbocycles. The zero-order valence-electron chi connectivity index (χ0n) is 12.8. The number of nitrogens with two attached hydrogens (primary N) is 1. The second kappa shape index (κ2) is 10.8. The summed E-state index contributed by atoms with van der Waals surface area (Å²) >= 11 is 0. The normalized spacial score (nSPS) is 9.30. The standard InChI is InChI=1S/C16H19N3O2.2ClH/c1-12-5-6-15(10-19-12)21-11-13-3-2-4-14(9-13)16(20)18-8-7-17;;/h2-6,9-10H,7-8,11,17H2,1H3,(H,18,20);2*1H. The summed E-state index contributed by atoms with van der Waals surface area (Å²) in [5, 5.41) is 2.74. The number of nitrogens with one attached hydrogen (secondary N) is 1. The summed E-state index contributed by atoms with van der Waals surface area (Å²) in [5.74, 6) is 0.581. The number of carbonyl (C=O) groups excluding carboxylic acids is 1. The molecule has 5 nitrogen and oxygen atoms in total. The summed E-state index contributed by atoms with van der Waals surface area (Å²) in [6.07, 6.45) is 1.69. The average molecular weight is 358 g/mol. The fourth-order valence-corrected chi connectivity index (χ4v) is 1.80. The lowest BCUT2D eigenvalue weighted by Gasteiger charge is -2.08. The molecular weight excluding hydrogens is 337 g/mol. The second-order valence-corrected chi connectivity index (χ2v) is 4.67. The summed E-state index contributed by atoms with van der Waals surface area (Å²) in [5.41, 5.74) is 7.84. The maximum absolute atomic E-state index is 11.9. The fourth-order valence-electron chi connectivity index (χ4n) is 1.80. The number of halogens is 2. The Kier molecular flexibility index (Phi) is 9.97. The van der Waals surface area contributed by atoms with Crippen LogP contribution >= 0.6 is 24.8 Å². The summed E-state index contributed by atoms with van der Waals surface area (Å²) in [6.45, 7) is 3.21. The van der Waals surface area contributed by atoms with E-state index in [2.05, 4.69) is 10.3 Å². The minimum absolute atomic E-state index is 0. The molecule has 126 valence electrons. The van der Waals surface area contributed by atoms with E-state index < -0.39 is 0 Å². The second-order valence-electron chi connectivity index (χ2n) is 4.67. The SMILES string of the molecule is Cc1ccc(OCc2cccc(C(=O)NCCN)c2)cn1.Cl.Cl. The van der Waals surface area contributed by atoms with Crippen LogP contribution in [0.25, 0.3) is 0 Å². The first-order valence-electron chi connectivity index (χ1n) is 6.81. The molecule has 1 amide bonds. The van der Waals surface area contributed by atoms with Crippen LogP contribution in [-0.2, 0) is 6.61 Å². The van der Waals surface area contributed by atoms with Crippen molar-refractivity contribution in [3.8, 4) is 5.75 Å². The van der Waals surface area contributed by atoms with E-state index >= 15 is 0 Å². The van der Waals surface area contributed by atoms with Crippen molar-refractivity contribution in [3.05, 3.63) is 59.4 Å². The molecule has 0 aliphatic heterocycles. The van der Waals surface area contributed by atoms with Crippen LogP contribution in [0, 0.1) is 6.92 Å². The van der Waals surface area contributed by atoms with Crippen LogP contribution in [0.2, 0.25) is 0 Å². The highest BCUT2D eigenvalue weighted by Gasteiger charge is 2.05. The molecule has 7 heteroatoms. The number of carbonyl (C=O) groups is 1. The molecule has 23 heavy (non-hydrogen) atoms. The predicted molar refractivity (Wildman–Crippen MR) is 95.6 cm³/mol. The third kappa shape index (κ3) is 6.86. The number of rotatable bonds is 6. The van der Waals surface area contributed by atoms with E-state index in [0.717, 1.165) is 11.3 Å². The molecule has 1 aromatic carbocycles. The van der Waals surface area contributed by atoms with Gasteiger partial charge in [0.1, 0.15) is 12.4 Å². The summed E-state index contributed by atoms with van der Waals surface area (Å²) in [6, 6.07) is 11.1. The van der Waals surface area contributed by atoms with Gasteiger partial charge in [0.2, 0.25) is 0 Å². The Bertz CT molecular complexity index is 607. The highest BCUT2D eigenvalue weighted by Crippen LogP contribution is 2.12. The van der Waals surface area contributed by atoms with Crippen molar-refractivity contribution in [2.75, 3.05) is 13.1 Å². The van der Waals surface area contributed by atoms with Crippen LogP contribution in [0.5, 0.6) is 5.75 Å². The number of amides is 1. The van der Waals surface area contributed by atoms with Gasteiger partial charge in [0.05, 0.1) is 6.20 Å². The van der Waals surface area contributed by atoms with Crippen molar-refractivity contribution in [2.24, 2.45) is 5.73 Å².